The Kier molecular flexibility index (Phi) is 9.08. The Morgan fingerprint density at radius 3 is 2.25 bits per heavy atom. The molecule has 3 aromatic rings. The van der Waals surface area contributed by atoms with Crippen molar-refractivity contribution in [3.8, 4) is 11.8 Å². The fourth-order valence-electron chi connectivity index (χ4n) is 2.62. The van der Waals surface area contributed by atoms with E-state index in [0.717, 1.165) is 18.5 Å². The lowest BCUT2D eigenvalue weighted by Crippen LogP contribution is -2.13. The van der Waals surface area contributed by atoms with Crippen molar-refractivity contribution < 1.29 is 9.53 Å². The van der Waals surface area contributed by atoms with Crippen LogP contribution in [0.25, 0.3) is 6.08 Å². The van der Waals surface area contributed by atoms with Crippen molar-refractivity contribution in [2.45, 2.75) is 6.61 Å². The van der Waals surface area contributed by atoms with Gasteiger partial charge < -0.3 is 10.1 Å². The van der Waals surface area contributed by atoms with Crippen LogP contribution in [0.15, 0.2) is 60.2 Å². The average molecular weight is 710 g/mol. The van der Waals surface area contributed by atoms with E-state index in [1.54, 1.807) is 12.1 Å². The van der Waals surface area contributed by atoms with Crippen molar-refractivity contribution in [1.82, 2.24) is 0 Å². The highest BCUT2D eigenvalue weighted by atomic mass is 127. The van der Waals surface area contributed by atoms with E-state index in [1.807, 2.05) is 42.5 Å². The summed E-state index contributed by atoms with van der Waals surface area (Å²) in [7, 11) is 0. The number of ether oxygens (including phenoxy) is 1. The summed E-state index contributed by atoms with van der Waals surface area (Å²) in [6.45, 7) is 0.397. The monoisotopic (exact) mass is 708 g/mol. The molecule has 0 radical (unpaired) electrons. The summed E-state index contributed by atoms with van der Waals surface area (Å²) in [6, 6.07) is 17.8. The molecule has 0 unspecified atom stereocenters. The van der Waals surface area contributed by atoms with Gasteiger partial charge in [-0.25, -0.2) is 0 Å². The first-order chi connectivity index (χ1) is 15.3. The van der Waals surface area contributed by atoms with E-state index < -0.39 is 5.91 Å². The van der Waals surface area contributed by atoms with Crippen molar-refractivity contribution in [3.63, 3.8) is 0 Å². The molecule has 0 aliphatic heterocycles. The molecule has 0 aliphatic carbocycles. The molecule has 0 fully saturated rings. The van der Waals surface area contributed by atoms with Gasteiger partial charge in [0.2, 0.25) is 0 Å². The van der Waals surface area contributed by atoms with Crippen molar-refractivity contribution in [3.05, 3.63) is 93.5 Å². The van der Waals surface area contributed by atoms with Gasteiger partial charge in [-0.1, -0.05) is 46.9 Å². The molecule has 0 spiro atoms. The fourth-order valence-corrected chi connectivity index (χ4v) is 5.18. The number of anilines is 1. The number of benzene rings is 3. The van der Waals surface area contributed by atoms with Gasteiger partial charge in [0.1, 0.15) is 24.0 Å². The third kappa shape index (κ3) is 6.75. The van der Waals surface area contributed by atoms with Gasteiger partial charge in [0.15, 0.2) is 0 Å². The molecule has 0 heterocycles. The average Bonchev–Trinajstić information content (AvgIpc) is 2.75. The van der Waals surface area contributed by atoms with Crippen LogP contribution >= 0.6 is 80.0 Å². The number of rotatable bonds is 6. The maximum atomic E-state index is 12.5. The van der Waals surface area contributed by atoms with Gasteiger partial charge in [0, 0.05) is 10.7 Å². The molecule has 9 heteroatoms. The molecule has 1 amide bonds. The zero-order chi connectivity index (χ0) is 23.3. The number of carbonyl (C=O) groups excluding carboxylic acids is 1. The van der Waals surface area contributed by atoms with Gasteiger partial charge in [0.25, 0.3) is 5.91 Å². The Balaban J connectivity index is 1.77. The van der Waals surface area contributed by atoms with Crippen molar-refractivity contribution in [2.75, 3.05) is 5.32 Å². The van der Waals surface area contributed by atoms with Crippen LogP contribution in [0.5, 0.6) is 5.75 Å². The highest BCUT2D eigenvalue weighted by Crippen LogP contribution is 2.31. The molecule has 162 valence electrons. The van der Waals surface area contributed by atoms with Crippen LogP contribution < -0.4 is 10.1 Å². The molecule has 0 saturated heterocycles. The lowest BCUT2D eigenvalue weighted by Gasteiger charge is -2.12. The second-order valence-corrected chi connectivity index (χ2v) is 10.1. The molecule has 3 rings (SSSR count). The molecule has 0 saturated carbocycles. The van der Waals surface area contributed by atoms with Gasteiger partial charge >= 0.3 is 0 Å². The van der Waals surface area contributed by atoms with Gasteiger partial charge in [-0.2, -0.15) is 5.26 Å². The number of carbonyl (C=O) groups is 1. The number of nitrogens with one attached hydrogen (secondary N) is 1. The van der Waals surface area contributed by atoms with E-state index in [2.05, 4.69) is 50.5 Å². The van der Waals surface area contributed by atoms with E-state index >= 15 is 0 Å². The summed E-state index contributed by atoms with van der Waals surface area (Å²) in [5, 5.41) is 13.5. The number of amides is 1. The van der Waals surface area contributed by atoms with Crippen LogP contribution in [0.3, 0.4) is 0 Å². The Morgan fingerprint density at radius 2 is 1.66 bits per heavy atom. The van der Waals surface area contributed by atoms with Crippen LogP contribution in [0.2, 0.25) is 15.1 Å². The number of nitriles is 1. The predicted octanol–water partition coefficient (Wildman–Crippen LogP) is 7.98. The predicted molar refractivity (Wildman–Crippen MR) is 146 cm³/mol. The minimum Gasteiger partial charge on any atom is -0.487 e. The van der Waals surface area contributed by atoms with Gasteiger partial charge in [0.05, 0.1) is 17.2 Å². The highest BCUT2D eigenvalue weighted by molar-refractivity contribution is 14.1. The van der Waals surface area contributed by atoms with E-state index in [-0.39, 0.29) is 5.57 Å². The Morgan fingerprint density at radius 1 is 1.00 bits per heavy atom. The topological polar surface area (TPSA) is 62.1 Å². The summed E-state index contributed by atoms with van der Waals surface area (Å²) in [4.78, 5) is 12.5. The summed E-state index contributed by atoms with van der Waals surface area (Å²) in [6.07, 6.45) is 1.53. The Hall–Kier alpha value is -1.51. The summed E-state index contributed by atoms with van der Waals surface area (Å²) in [5.41, 5.74) is 2.10. The highest BCUT2D eigenvalue weighted by Gasteiger charge is 2.13. The second kappa shape index (κ2) is 11.6. The van der Waals surface area contributed by atoms with Crippen molar-refractivity contribution >= 4 is 97.7 Å². The largest absolute Gasteiger partial charge is 0.487 e. The Bertz CT molecular complexity index is 1220. The molecule has 0 bridgehead atoms. The summed E-state index contributed by atoms with van der Waals surface area (Å²) < 4.78 is 7.70. The molecule has 32 heavy (non-hydrogen) atoms. The molecule has 0 atom stereocenters. The number of hydrogen-bond donors (Lipinski definition) is 1. The van der Waals surface area contributed by atoms with Crippen LogP contribution in [0.4, 0.5) is 5.69 Å². The third-order valence-electron chi connectivity index (χ3n) is 4.17. The number of halogens is 5. The van der Waals surface area contributed by atoms with Crippen LogP contribution in [-0.4, -0.2) is 5.91 Å². The van der Waals surface area contributed by atoms with Gasteiger partial charge in [-0.05, 0) is 105 Å². The van der Waals surface area contributed by atoms with E-state index in [4.69, 9.17) is 39.5 Å². The normalized spacial score (nSPS) is 11.1. The Labute approximate surface area is 227 Å². The summed E-state index contributed by atoms with van der Waals surface area (Å²) in [5.74, 6) is 0.191. The van der Waals surface area contributed by atoms with Crippen molar-refractivity contribution in [1.29, 1.82) is 5.26 Å². The van der Waals surface area contributed by atoms with Crippen LogP contribution in [0.1, 0.15) is 11.1 Å². The first kappa shape index (κ1) is 25.1. The first-order valence-corrected chi connectivity index (χ1v) is 12.3. The maximum Gasteiger partial charge on any atom is 0.266 e. The molecule has 4 nitrogen and oxygen atoms in total. The van der Waals surface area contributed by atoms with Crippen LogP contribution in [-0.2, 0) is 11.4 Å². The number of nitrogens with zero attached hydrogens (tertiary/aromatic N) is 1. The molecule has 0 aromatic heterocycles. The molecule has 3 aromatic carbocycles. The molecular weight excluding hydrogens is 696 g/mol. The number of hydrogen-bond acceptors (Lipinski definition) is 3. The van der Waals surface area contributed by atoms with E-state index in [1.165, 1.54) is 12.1 Å². The molecular formula is C23H13Cl3I2N2O2. The lowest BCUT2D eigenvalue weighted by molar-refractivity contribution is -0.112. The SMILES string of the molecule is N#C/C(=C\c1cc(I)c(OCc2ccc(Cl)cc2)c(I)c1)C(=O)Nc1ccc(Cl)c(Cl)c1. The lowest BCUT2D eigenvalue weighted by atomic mass is 10.1. The zero-order valence-corrected chi connectivity index (χ0v) is 22.7. The summed E-state index contributed by atoms with van der Waals surface area (Å²) >= 11 is 22.1. The smallest absolute Gasteiger partial charge is 0.266 e. The minimum atomic E-state index is -0.543. The van der Waals surface area contributed by atoms with Crippen LogP contribution in [0, 0.1) is 18.5 Å². The standard InChI is InChI=1S/C23H13Cl3I2N2O2/c24-16-3-1-13(2-4-16)12-32-22-20(27)8-14(9-21(22)28)7-15(11-29)23(31)30-17-5-6-18(25)19(26)10-17/h1-10H,12H2,(H,30,31)/b15-7+. The molecule has 1 N–H and O–H groups in total. The zero-order valence-electron chi connectivity index (χ0n) is 16.1. The van der Waals surface area contributed by atoms with E-state index in [0.29, 0.717) is 32.9 Å². The van der Waals surface area contributed by atoms with Crippen molar-refractivity contribution in [2.24, 2.45) is 0 Å². The second-order valence-electron chi connectivity index (χ2n) is 6.48. The molecule has 0 aliphatic rings. The minimum absolute atomic E-state index is 0.0440. The van der Waals surface area contributed by atoms with E-state index in [9.17, 15) is 10.1 Å². The maximum absolute atomic E-state index is 12.5. The quantitative estimate of drug-likeness (QED) is 0.161. The first-order valence-electron chi connectivity index (χ1n) is 9.01. The van der Waals surface area contributed by atoms with Gasteiger partial charge in [-0.15, -0.1) is 0 Å². The fraction of sp³-hybridized carbons (Fsp3) is 0.0435. The van der Waals surface area contributed by atoms with Gasteiger partial charge in [-0.3, -0.25) is 4.79 Å². The third-order valence-corrected chi connectivity index (χ3v) is 6.76.